The van der Waals surface area contributed by atoms with Crippen molar-refractivity contribution in [2.24, 2.45) is 0 Å². The molecule has 2 aromatic rings. The van der Waals surface area contributed by atoms with Gasteiger partial charge in [-0.25, -0.2) is 19.2 Å². The predicted octanol–water partition coefficient (Wildman–Crippen LogP) is 3.46. The molecule has 178 valence electrons. The Labute approximate surface area is 192 Å². The number of amides is 2. The second kappa shape index (κ2) is 9.30. The summed E-state index contributed by atoms with van der Waals surface area (Å²) < 4.78 is 52.4. The van der Waals surface area contributed by atoms with Crippen LogP contribution in [0.5, 0.6) is 0 Å². The molecule has 12 heteroatoms. The number of benzene rings is 1. The number of halogens is 5. The van der Waals surface area contributed by atoms with Crippen molar-refractivity contribution in [3.8, 4) is 0 Å². The maximum Gasteiger partial charge on any atom is 0.408 e. The maximum absolute atomic E-state index is 13.9. The lowest BCUT2D eigenvalue weighted by molar-refractivity contribution is -0.138. The van der Waals surface area contributed by atoms with Gasteiger partial charge in [-0.05, 0) is 36.6 Å². The number of hydrogen-bond acceptors (Lipinski definition) is 5. The molecule has 1 saturated heterocycles. The first kappa shape index (κ1) is 23.5. The molecule has 0 aliphatic carbocycles. The number of carbonyl (C=O) groups is 1. The van der Waals surface area contributed by atoms with Crippen LogP contribution in [-0.2, 0) is 13.0 Å². The van der Waals surface area contributed by atoms with E-state index in [9.17, 15) is 22.4 Å². The topological polar surface area (TPSA) is 82.2 Å². The van der Waals surface area contributed by atoms with E-state index in [1.165, 1.54) is 18.3 Å². The Kier molecular flexibility index (Phi) is 6.62. The van der Waals surface area contributed by atoms with Gasteiger partial charge in [0.15, 0.2) is 0 Å². The highest BCUT2D eigenvalue weighted by Gasteiger charge is 2.37. The molecule has 2 amide bonds. The van der Waals surface area contributed by atoms with Crippen LogP contribution in [0, 0.1) is 5.82 Å². The second-order valence-electron chi connectivity index (χ2n) is 8.24. The Bertz CT molecular complexity index is 1040. The quantitative estimate of drug-likeness (QED) is 0.577. The van der Waals surface area contributed by atoms with Crippen LogP contribution in [0.2, 0.25) is 5.02 Å². The van der Waals surface area contributed by atoms with Crippen LogP contribution in [0.25, 0.3) is 0 Å². The highest BCUT2D eigenvalue weighted by Crippen LogP contribution is 2.27. The number of nitrogens with zero attached hydrogens (tertiary/aromatic N) is 3. The first-order chi connectivity index (χ1) is 15.6. The van der Waals surface area contributed by atoms with Gasteiger partial charge in [0.1, 0.15) is 11.9 Å². The number of carbonyl (C=O) groups excluding carboxylic acids is 1. The lowest BCUT2D eigenvalue weighted by atomic mass is 9.94. The van der Waals surface area contributed by atoms with E-state index >= 15 is 0 Å². The van der Waals surface area contributed by atoms with Crippen molar-refractivity contribution >= 4 is 23.6 Å². The Balaban J connectivity index is 1.42. The number of hydrogen-bond donors (Lipinski definition) is 3. The molecule has 1 aromatic heterocycles. The number of alkyl halides is 3. The van der Waals surface area contributed by atoms with Gasteiger partial charge in [-0.2, -0.15) is 13.2 Å². The molecule has 0 saturated carbocycles. The normalized spacial score (nSPS) is 21.5. The second-order valence-corrected chi connectivity index (χ2v) is 8.65. The third-order valence-corrected chi connectivity index (χ3v) is 6.27. The van der Waals surface area contributed by atoms with Gasteiger partial charge in [0.05, 0.1) is 23.3 Å². The van der Waals surface area contributed by atoms with E-state index < -0.39 is 18.0 Å². The number of nitrogens with one attached hydrogen (secondary N) is 3. The van der Waals surface area contributed by atoms with Gasteiger partial charge in [-0.1, -0.05) is 17.7 Å². The lowest BCUT2D eigenvalue weighted by Gasteiger charge is -2.30. The molecule has 4 rings (SSSR count). The van der Waals surface area contributed by atoms with E-state index in [0.29, 0.717) is 31.7 Å². The molecule has 3 heterocycles. The maximum atomic E-state index is 13.9. The van der Waals surface area contributed by atoms with Crippen molar-refractivity contribution in [3.63, 3.8) is 0 Å². The molecule has 3 atom stereocenters. The van der Waals surface area contributed by atoms with Gasteiger partial charge in [-0.3, -0.25) is 0 Å². The molecular weight excluding hydrogens is 464 g/mol. The van der Waals surface area contributed by atoms with Crippen molar-refractivity contribution in [2.75, 3.05) is 25.0 Å². The third kappa shape index (κ3) is 5.30. The molecule has 1 aromatic carbocycles. The zero-order chi connectivity index (χ0) is 23.8. The molecule has 0 unspecified atom stereocenters. The smallest absolute Gasteiger partial charge is 0.343 e. The van der Waals surface area contributed by atoms with Crippen molar-refractivity contribution in [1.82, 2.24) is 25.5 Å². The summed E-state index contributed by atoms with van der Waals surface area (Å²) in [5, 5.41) is 8.49. The summed E-state index contributed by atoms with van der Waals surface area (Å²) in [5.41, 5.74) is 2.03. The number of anilines is 1. The summed E-state index contributed by atoms with van der Waals surface area (Å²) in [4.78, 5) is 22.7. The summed E-state index contributed by atoms with van der Waals surface area (Å²) in [6.45, 7) is 2.67. The van der Waals surface area contributed by atoms with E-state index in [1.807, 2.05) is 0 Å². The number of fused-ring (bicyclic) bond motifs is 1. The van der Waals surface area contributed by atoms with Gasteiger partial charge in [0.25, 0.3) is 0 Å². The van der Waals surface area contributed by atoms with Crippen LogP contribution in [0.4, 0.5) is 28.3 Å². The van der Waals surface area contributed by atoms with E-state index in [0.717, 1.165) is 18.1 Å². The molecule has 0 radical (unpaired) electrons. The minimum absolute atomic E-state index is 0.0396. The number of urea groups is 1. The zero-order valence-electron chi connectivity index (χ0n) is 17.7. The molecule has 33 heavy (non-hydrogen) atoms. The summed E-state index contributed by atoms with van der Waals surface area (Å²) in [6.07, 6.45) is -2.44. The molecule has 2 aliphatic rings. The first-order valence-electron chi connectivity index (χ1n) is 10.5. The van der Waals surface area contributed by atoms with Crippen LogP contribution in [0.15, 0.2) is 24.4 Å². The van der Waals surface area contributed by atoms with Crippen LogP contribution in [0.1, 0.15) is 29.7 Å². The fraction of sp³-hybridized carbons (Fsp3) is 0.476. The Morgan fingerprint density at radius 1 is 1.33 bits per heavy atom. The average Bonchev–Trinajstić information content (AvgIpc) is 3.22. The largest absolute Gasteiger partial charge is 0.408 e. The summed E-state index contributed by atoms with van der Waals surface area (Å²) in [6, 6.07) is 2.25. The minimum atomic E-state index is -4.43. The molecule has 7 nitrogen and oxygen atoms in total. The molecular formula is C21H23ClF4N6O. The summed E-state index contributed by atoms with van der Waals surface area (Å²) in [7, 11) is 0. The van der Waals surface area contributed by atoms with Crippen molar-refractivity contribution in [3.05, 3.63) is 52.1 Å². The third-order valence-electron chi connectivity index (χ3n) is 5.96. The SMILES string of the molecule is C[C@@H](Nc1ncc2c(n1)CN(C(=O)N[C@@H]1CNC[C@H]1c1ccc(Cl)c(F)c1)CC2)C(F)(F)F. The number of rotatable bonds is 4. The first-order valence-corrected chi connectivity index (χ1v) is 10.9. The minimum Gasteiger partial charge on any atom is -0.343 e. The number of aromatic nitrogens is 2. The zero-order valence-corrected chi connectivity index (χ0v) is 18.5. The van der Waals surface area contributed by atoms with Crippen LogP contribution in [-0.4, -0.2) is 58.8 Å². The Morgan fingerprint density at radius 3 is 2.85 bits per heavy atom. The van der Waals surface area contributed by atoms with E-state index in [1.54, 1.807) is 11.0 Å². The average molecular weight is 487 g/mol. The fourth-order valence-corrected chi connectivity index (χ4v) is 4.11. The molecule has 3 N–H and O–H groups in total. The molecule has 0 spiro atoms. The fourth-order valence-electron chi connectivity index (χ4n) is 3.99. The molecule has 0 bridgehead atoms. The molecule has 1 fully saturated rings. The van der Waals surface area contributed by atoms with Crippen molar-refractivity contribution in [2.45, 2.75) is 44.1 Å². The van der Waals surface area contributed by atoms with Gasteiger partial charge < -0.3 is 20.9 Å². The van der Waals surface area contributed by atoms with Crippen LogP contribution in [0.3, 0.4) is 0 Å². The van der Waals surface area contributed by atoms with Gasteiger partial charge >= 0.3 is 12.2 Å². The van der Waals surface area contributed by atoms with Gasteiger partial charge in [0.2, 0.25) is 5.95 Å². The Morgan fingerprint density at radius 2 is 2.12 bits per heavy atom. The Hall–Kier alpha value is -2.66. The highest BCUT2D eigenvalue weighted by atomic mass is 35.5. The highest BCUT2D eigenvalue weighted by molar-refractivity contribution is 6.30. The van der Waals surface area contributed by atoms with E-state index in [2.05, 4.69) is 25.9 Å². The van der Waals surface area contributed by atoms with Crippen LogP contribution >= 0.6 is 11.6 Å². The standard InChI is InChI=1S/C21H23ClF4N6O/c1-11(21(24,25)26)29-19-28-7-13-4-5-32(10-18(13)30-19)20(33)31-17-9-27-8-14(17)12-2-3-15(22)16(23)6-12/h2-3,6-7,11,14,17,27H,4-5,8-10H2,1H3,(H,31,33)(H,28,29,30)/t11-,14+,17-/m1/s1. The van der Waals surface area contributed by atoms with Crippen molar-refractivity contribution < 1.29 is 22.4 Å². The van der Waals surface area contributed by atoms with Crippen molar-refractivity contribution in [1.29, 1.82) is 0 Å². The van der Waals surface area contributed by atoms with E-state index in [4.69, 9.17) is 11.6 Å². The summed E-state index contributed by atoms with van der Waals surface area (Å²) in [5.74, 6) is -0.770. The molecule has 2 aliphatic heterocycles. The van der Waals surface area contributed by atoms with Crippen LogP contribution < -0.4 is 16.0 Å². The van der Waals surface area contributed by atoms with E-state index in [-0.39, 0.29) is 35.5 Å². The van der Waals surface area contributed by atoms with Gasteiger partial charge in [-0.15, -0.1) is 0 Å². The predicted molar refractivity (Wildman–Crippen MR) is 115 cm³/mol. The monoisotopic (exact) mass is 486 g/mol. The lowest BCUT2D eigenvalue weighted by Crippen LogP contribution is -2.49. The summed E-state index contributed by atoms with van der Waals surface area (Å²) >= 11 is 5.77. The van der Waals surface area contributed by atoms with Gasteiger partial charge in [0, 0.05) is 31.7 Å².